The molecule has 0 spiro atoms. The summed E-state index contributed by atoms with van der Waals surface area (Å²) in [5.74, 6) is 1.59. The van der Waals surface area contributed by atoms with E-state index in [1.165, 1.54) is 11.8 Å². The van der Waals surface area contributed by atoms with Crippen LogP contribution in [-0.2, 0) is 11.2 Å². The zero-order valence-corrected chi connectivity index (χ0v) is 19.0. The Kier molecular flexibility index (Phi) is 7.02. The van der Waals surface area contributed by atoms with E-state index in [-0.39, 0.29) is 11.7 Å². The molecule has 0 radical (unpaired) electrons. The normalized spacial score (nSPS) is 10.8. The minimum absolute atomic E-state index is 0.0649. The average Bonchev–Trinajstić information content (AvgIpc) is 2.83. The lowest BCUT2D eigenvalue weighted by Crippen LogP contribution is -2.15. The van der Waals surface area contributed by atoms with Gasteiger partial charge in [-0.2, -0.15) is 0 Å². The van der Waals surface area contributed by atoms with Gasteiger partial charge in [-0.1, -0.05) is 67.2 Å². The van der Waals surface area contributed by atoms with Crippen LogP contribution in [0.25, 0.3) is 22.3 Å². The lowest BCUT2D eigenvalue weighted by Gasteiger charge is -2.12. The number of benzene rings is 3. The highest BCUT2D eigenvalue weighted by atomic mass is 32.2. The smallest absolute Gasteiger partial charge is 0.234 e. The first-order valence-corrected chi connectivity index (χ1v) is 11.7. The number of hydrogen-bond acceptors (Lipinski definition) is 5. The van der Waals surface area contributed by atoms with Gasteiger partial charge < -0.3 is 10.1 Å². The lowest BCUT2D eigenvalue weighted by molar-refractivity contribution is -0.113. The van der Waals surface area contributed by atoms with Crippen molar-refractivity contribution in [3.05, 3.63) is 78.4 Å². The van der Waals surface area contributed by atoms with Crippen LogP contribution < -0.4 is 10.1 Å². The van der Waals surface area contributed by atoms with Crippen molar-refractivity contribution >= 4 is 34.3 Å². The van der Waals surface area contributed by atoms with Gasteiger partial charge in [0.25, 0.3) is 0 Å². The van der Waals surface area contributed by atoms with Crippen LogP contribution in [0.3, 0.4) is 0 Å². The highest BCUT2D eigenvalue weighted by Gasteiger charge is 2.14. The number of ether oxygens (including phenoxy) is 1. The summed E-state index contributed by atoms with van der Waals surface area (Å²) in [7, 11) is 0. The minimum Gasteiger partial charge on any atom is -0.494 e. The molecule has 4 aromatic rings. The van der Waals surface area contributed by atoms with E-state index in [9.17, 15) is 4.79 Å². The van der Waals surface area contributed by atoms with Crippen molar-refractivity contribution in [2.24, 2.45) is 0 Å². The van der Waals surface area contributed by atoms with Gasteiger partial charge in [0.1, 0.15) is 10.8 Å². The second-order valence-corrected chi connectivity index (χ2v) is 8.14. The van der Waals surface area contributed by atoms with E-state index in [2.05, 4.69) is 12.2 Å². The van der Waals surface area contributed by atoms with E-state index in [1.54, 1.807) is 0 Å². The fraction of sp³-hybridized carbons (Fsp3) is 0.192. The van der Waals surface area contributed by atoms with Crippen molar-refractivity contribution in [1.82, 2.24) is 9.97 Å². The van der Waals surface area contributed by atoms with E-state index in [1.807, 2.05) is 79.7 Å². The Labute approximate surface area is 192 Å². The SMILES string of the molecule is CCOc1ccc2nc(-c3ccccc3)nc(SCC(=O)Nc3ccccc3CC)c2c1. The third-order valence-corrected chi connectivity index (χ3v) is 5.98. The Morgan fingerprint density at radius 3 is 2.53 bits per heavy atom. The summed E-state index contributed by atoms with van der Waals surface area (Å²) in [5, 5.41) is 4.67. The van der Waals surface area contributed by atoms with Crippen molar-refractivity contribution in [2.45, 2.75) is 25.3 Å². The maximum absolute atomic E-state index is 12.7. The number of thioether (sulfide) groups is 1. The van der Waals surface area contributed by atoms with Crippen molar-refractivity contribution in [3.8, 4) is 17.1 Å². The van der Waals surface area contributed by atoms with Crippen LogP contribution in [0.5, 0.6) is 5.75 Å². The van der Waals surface area contributed by atoms with Gasteiger partial charge in [0.05, 0.1) is 17.9 Å². The second kappa shape index (κ2) is 10.3. The van der Waals surface area contributed by atoms with Crippen molar-refractivity contribution < 1.29 is 9.53 Å². The van der Waals surface area contributed by atoms with Gasteiger partial charge in [-0.25, -0.2) is 9.97 Å². The van der Waals surface area contributed by atoms with Crippen LogP contribution in [0.4, 0.5) is 5.69 Å². The molecule has 0 aliphatic heterocycles. The van der Waals surface area contributed by atoms with Crippen molar-refractivity contribution in [3.63, 3.8) is 0 Å². The molecule has 0 bridgehead atoms. The Morgan fingerprint density at radius 1 is 0.969 bits per heavy atom. The maximum atomic E-state index is 12.7. The number of amides is 1. The van der Waals surface area contributed by atoms with Gasteiger partial charge in [0, 0.05) is 16.6 Å². The number of carbonyl (C=O) groups is 1. The van der Waals surface area contributed by atoms with Gasteiger partial charge in [-0.3, -0.25) is 4.79 Å². The Bertz CT molecular complexity index is 1230. The Hall–Kier alpha value is -3.38. The van der Waals surface area contributed by atoms with Crippen LogP contribution in [0.1, 0.15) is 19.4 Å². The van der Waals surface area contributed by atoms with Crippen LogP contribution in [0.15, 0.2) is 77.8 Å². The van der Waals surface area contributed by atoms with Crippen LogP contribution in [0, 0.1) is 0 Å². The standard InChI is InChI=1S/C26H25N3O2S/c1-3-18-10-8-9-13-22(18)27-24(30)17-32-26-21-16-20(31-4-2)14-15-23(21)28-25(29-26)19-11-6-5-7-12-19/h5-16H,3-4,17H2,1-2H3,(H,27,30). The van der Waals surface area contributed by atoms with Crippen molar-refractivity contribution in [1.29, 1.82) is 0 Å². The summed E-state index contributed by atoms with van der Waals surface area (Å²) in [4.78, 5) is 22.3. The highest BCUT2D eigenvalue weighted by Crippen LogP contribution is 2.31. The predicted molar refractivity (Wildman–Crippen MR) is 131 cm³/mol. The first kappa shape index (κ1) is 21.8. The van der Waals surface area contributed by atoms with Crippen LogP contribution in [-0.4, -0.2) is 28.2 Å². The first-order valence-electron chi connectivity index (χ1n) is 10.7. The zero-order chi connectivity index (χ0) is 22.3. The van der Waals surface area contributed by atoms with E-state index in [0.717, 1.165) is 44.9 Å². The molecule has 1 aromatic heterocycles. The third-order valence-electron chi connectivity index (χ3n) is 4.99. The molecule has 0 atom stereocenters. The number of aryl methyl sites for hydroxylation is 1. The first-order chi connectivity index (χ1) is 15.7. The summed E-state index contributed by atoms with van der Waals surface area (Å²) in [5.41, 5.74) is 3.73. The molecule has 5 nitrogen and oxygen atoms in total. The number of carbonyl (C=O) groups excluding carboxylic acids is 1. The summed E-state index contributed by atoms with van der Waals surface area (Å²) in [6.45, 7) is 4.61. The van der Waals surface area contributed by atoms with Gasteiger partial charge >= 0.3 is 0 Å². The molecule has 1 N–H and O–H groups in total. The molecule has 0 aliphatic rings. The topological polar surface area (TPSA) is 64.1 Å². The third kappa shape index (κ3) is 5.08. The maximum Gasteiger partial charge on any atom is 0.234 e. The fourth-order valence-electron chi connectivity index (χ4n) is 3.43. The van der Waals surface area contributed by atoms with Gasteiger partial charge in [0.2, 0.25) is 5.91 Å². The molecule has 162 valence electrons. The summed E-state index contributed by atoms with van der Waals surface area (Å²) >= 11 is 1.41. The molecule has 6 heteroatoms. The second-order valence-electron chi connectivity index (χ2n) is 7.18. The number of fused-ring (bicyclic) bond motifs is 1. The van der Waals surface area contributed by atoms with Gasteiger partial charge in [0.15, 0.2) is 5.82 Å². The number of anilines is 1. The predicted octanol–water partition coefficient (Wildman–Crippen LogP) is 5.99. The summed E-state index contributed by atoms with van der Waals surface area (Å²) in [6, 6.07) is 23.5. The van der Waals surface area contributed by atoms with Crippen molar-refractivity contribution in [2.75, 3.05) is 17.7 Å². The zero-order valence-electron chi connectivity index (χ0n) is 18.2. The Balaban J connectivity index is 1.63. The monoisotopic (exact) mass is 443 g/mol. The quantitative estimate of drug-likeness (QED) is 0.268. The summed E-state index contributed by atoms with van der Waals surface area (Å²) in [6.07, 6.45) is 0.862. The molecule has 1 heterocycles. The van der Waals surface area contributed by atoms with Gasteiger partial charge in [-0.05, 0) is 43.2 Å². The summed E-state index contributed by atoms with van der Waals surface area (Å²) < 4.78 is 5.67. The molecule has 4 rings (SSSR count). The van der Waals surface area contributed by atoms with E-state index in [4.69, 9.17) is 14.7 Å². The number of hydrogen-bond donors (Lipinski definition) is 1. The molecule has 0 saturated carbocycles. The Morgan fingerprint density at radius 2 is 1.75 bits per heavy atom. The van der Waals surface area contributed by atoms with E-state index < -0.39 is 0 Å². The van der Waals surface area contributed by atoms with E-state index in [0.29, 0.717) is 12.4 Å². The molecular weight excluding hydrogens is 418 g/mol. The molecule has 0 unspecified atom stereocenters. The fourth-order valence-corrected chi connectivity index (χ4v) is 4.24. The molecule has 0 saturated heterocycles. The lowest BCUT2D eigenvalue weighted by atomic mass is 10.1. The number of aromatic nitrogens is 2. The number of para-hydroxylation sites is 1. The minimum atomic E-state index is -0.0649. The molecular formula is C26H25N3O2S. The van der Waals surface area contributed by atoms with E-state index >= 15 is 0 Å². The van der Waals surface area contributed by atoms with Crippen LogP contribution >= 0.6 is 11.8 Å². The largest absolute Gasteiger partial charge is 0.494 e. The molecule has 3 aromatic carbocycles. The molecule has 0 aliphatic carbocycles. The molecule has 32 heavy (non-hydrogen) atoms. The number of rotatable bonds is 8. The average molecular weight is 444 g/mol. The van der Waals surface area contributed by atoms with Gasteiger partial charge in [-0.15, -0.1) is 0 Å². The van der Waals surface area contributed by atoms with Crippen LogP contribution in [0.2, 0.25) is 0 Å². The number of nitrogens with one attached hydrogen (secondary N) is 1. The number of nitrogens with zero attached hydrogens (tertiary/aromatic N) is 2. The highest BCUT2D eigenvalue weighted by molar-refractivity contribution is 8.00. The molecule has 1 amide bonds. The molecule has 0 fully saturated rings.